The van der Waals surface area contributed by atoms with Gasteiger partial charge in [-0.15, -0.1) is 0 Å². The van der Waals surface area contributed by atoms with Gasteiger partial charge in [-0.1, -0.05) is 59.3 Å². The van der Waals surface area contributed by atoms with Gasteiger partial charge in [0.05, 0.1) is 5.71 Å². The molecule has 2 heteroatoms. The fraction of sp³-hybridized carbons (Fsp3) is 0.278. The van der Waals surface area contributed by atoms with E-state index in [1.807, 2.05) is 0 Å². The number of benzene rings is 2. The van der Waals surface area contributed by atoms with E-state index in [1.54, 1.807) is 0 Å². The van der Waals surface area contributed by atoms with Crippen LogP contribution in [0.1, 0.15) is 34.8 Å². The summed E-state index contributed by atoms with van der Waals surface area (Å²) in [6.07, 6.45) is 2.34. The maximum atomic E-state index is 5.77. The van der Waals surface area contributed by atoms with E-state index in [0.29, 0.717) is 5.92 Å². The second-order valence-corrected chi connectivity index (χ2v) is 5.71. The zero-order chi connectivity index (χ0) is 13.5. The number of fused-ring (bicyclic) bond motifs is 3. The smallest absolute Gasteiger partial charge is 0.161 e. The maximum absolute atomic E-state index is 5.77. The number of aryl methyl sites for hydroxylation is 2. The van der Waals surface area contributed by atoms with Gasteiger partial charge in [-0.05, 0) is 36.5 Å². The Morgan fingerprint density at radius 3 is 2.70 bits per heavy atom. The molecule has 1 aliphatic heterocycles. The number of rotatable bonds is 1. The molecule has 0 saturated heterocycles. The molecule has 0 fully saturated rings. The predicted octanol–water partition coefficient (Wildman–Crippen LogP) is 4.03. The van der Waals surface area contributed by atoms with Crippen molar-refractivity contribution < 1.29 is 4.84 Å². The van der Waals surface area contributed by atoms with E-state index in [9.17, 15) is 0 Å². The lowest BCUT2D eigenvalue weighted by atomic mass is 9.78. The monoisotopic (exact) mass is 263 g/mol. The fourth-order valence-electron chi connectivity index (χ4n) is 3.30. The average molecular weight is 263 g/mol. The van der Waals surface area contributed by atoms with Crippen molar-refractivity contribution in [1.29, 1.82) is 0 Å². The largest absolute Gasteiger partial charge is 0.387 e. The molecule has 1 aliphatic carbocycles. The normalized spacial score (nSPS) is 23.6. The van der Waals surface area contributed by atoms with E-state index < -0.39 is 0 Å². The Morgan fingerprint density at radius 2 is 1.85 bits per heavy atom. The van der Waals surface area contributed by atoms with Gasteiger partial charge in [0.25, 0.3) is 0 Å². The van der Waals surface area contributed by atoms with E-state index >= 15 is 0 Å². The number of nitrogens with zero attached hydrogens (tertiary/aromatic N) is 1. The summed E-state index contributed by atoms with van der Waals surface area (Å²) < 4.78 is 0. The van der Waals surface area contributed by atoms with Crippen molar-refractivity contribution in [2.24, 2.45) is 11.1 Å². The van der Waals surface area contributed by atoms with E-state index in [1.165, 1.54) is 22.3 Å². The highest BCUT2D eigenvalue weighted by atomic mass is 16.6. The van der Waals surface area contributed by atoms with Crippen LogP contribution in [0.5, 0.6) is 0 Å². The molecular weight excluding hydrogens is 246 g/mol. The predicted molar refractivity (Wildman–Crippen MR) is 79.8 cm³/mol. The minimum atomic E-state index is 0.108. The summed E-state index contributed by atoms with van der Waals surface area (Å²) in [6, 6.07) is 17.2. The summed E-state index contributed by atoms with van der Waals surface area (Å²) in [4.78, 5) is 5.77. The molecule has 0 N–H and O–H groups in total. The lowest BCUT2D eigenvalue weighted by Gasteiger charge is -2.26. The molecule has 0 radical (unpaired) electrons. The van der Waals surface area contributed by atoms with Gasteiger partial charge in [-0.3, -0.25) is 0 Å². The van der Waals surface area contributed by atoms with Crippen LogP contribution in [0.2, 0.25) is 0 Å². The van der Waals surface area contributed by atoms with Gasteiger partial charge >= 0.3 is 0 Å². The van der Waals surface area contributed by atoms with Gasteiger partial charge in [0.2, 0.25) is 0 Å². The quantitative estimate of drug-likeness (QED) is 0.761. The van der Waals surface area contributed by atoms with Crippen LogP contribution < -0.4 is 0 Å². The second-order valence-electron chi connectivity index (χ2n) is 5.71. The molecule has 0 aromatic heterocycles. The van der Waals surface area contributed by atoms with Crippen LogP contribution in [0.4, 0.5) is 0 Å². The van der Waals surface area contributed by atoms with Crippen molar-refractivity contribution in [2.45, 2.75) is 25.9 Å². The SMILES string of the molecule is Cc1ccc(C2=NOC3c4ccccc4CCC23)cc1. The zero-order valence-electron chi connectivity index (χ0n) is 11.5. The molecule has 100 valence electrons. The maximum Gasteiger partial charge on any atom is 0.161 e. The molecule has 2 aromatic rings. The Bertz CT molecular complexity index is 672. The number of hydrogen-bond acceptors (Lipinski definition) is 2. The molecule has 2 aromatic carbocycles. The summed E-state index contributed by atoms with van der Waals surface area (Å²) in [5.41, 5.74) is 6.31. The van der Waals surface area contributed by atoms with E-state index in [-0.39, 0.29) is 6.10 Å². The van der Waals surface area contributed by atoms with Crippen LogP contribution in [-0.2, 0) is 11.3 Å². The Hall–Kier alpha value is -2.09. The Labute approximate surface area is 119 Å². The van der Waals surface area contributed by atoms with Gasteiger partial charge in [0.15, 0.2) is 6.10 Å². The summed E-state index contributed by atoms with van der Waals surface area (Å²) in [5.74, 6) is 0.396. The van der Waals surface area contributed by atoms with Crippen LogP contribution in [0.3, 0.4) is 0 Å². The van der Waals surface area contributed by atoms with Crippen molar-refractivity contribution in [3.63, 3.8) is 0 Å². The first-order chi connectivity index (χ1) is 9.83. The van der Waals surface area contributed by atoms with Crippen molar-refractivity contribution >= 4 is 5.71 Å². The van der Waals surface area contributed by atoms with Crippen LogP contribution in [0, 0.1) is 12.8 Å². The molecular formula is C18H17NO. The third-order valence-electron chi connectivity index (χ3n) is 4.41. The summed E-state index contributed by atoms with van der Waals surface area (Å²) in [5, 5.41) is 4.40. The van der Waals surface area contributed by atoms with Crippen LogP contribution >= 0.6 is 0 Å². The summed E-state index contributed by atoms with van der Waals surface area (Å²) in [7, 11) is 0. The first-order valence-electron chi connectivity index (χ1n) is 7.21. The summed E-state index contributed by atoms with van der Waals surface area (Å²) in [6.45, 7) is 2.11. The van der Waals surface area contributed by atoms with Crippen LogP contribution in [0.15, 0.2) is 53.7 Å². The van der Waals surface area contributed by atoms with Gasteiger partial charge in [0.1, 0.15) is 0 Å². The molecule has 4 rings (SSSR count). The topological polar surface area (TPSA) is 21.6 Å². The fourth-order valence-corrected chi connectivity index (χ4v) is 3.30. The Kier molecular flexibility index (Phi) is 2.62. The van der Waals surface area contributed by atoms with Crippen molar-refractivity contribution in [1.82, 2.24) is 0 Å². The van der Waals surface area contributed by atoms with E-state index in [0.717, 1.165) is 18.6 Å². The van der Waals surface area contributed by atoms with Gasteiger partial charge < -0.3 is 4.84 Å². The molecule has 20 heavy (non-hydrogen) atoms. The summed E-state index contributed by atoms with van der Waals surface area (Å²) >= 11 is 0. The minimum Gasteiger partial charge on any atom is -0.387 e. The van der Waals surface area contributed by atoms with Crippen molar-refractivity contribution in [3.8, 4) is 0 Å². The first-order valence-corrected chi connectivity index (χ1v) is 7.21. The zero-order valence-corrected chi connectivity index (χ0v) is 11.5. The minimum absolute atomic E-state index is 0.108. The highest BCUT2D eigenvalue weighted by Crippen LogP contribution is 2.42. The molecule has 0 bridgehead atoms. The first kappa shape index (κ1) is 11.7. The van der Waals surface area contributed by atoms with Crippen LogP contribution in [-0.4, -0.2) is 5.71 Å². The lowest BCUT2D eigenvalue weighted by Crippen LogP contribution is -2.24. The number of oxime groups is 1. The van der Waals surface area contributed by atoms with Gasteiger partial charge in [-0.2, -0.15) is 0 Å². The molecule has 1 heterocycles. The van der Waals surface area contributed by atoms with Crippen LogP contribution in [0.25, 0.3) is 0 Å². The standard InChI is InChI=1S/C18H17NO/c1-12-6-8-14(9-7-12)17-16-11-10-13-4-2-3-5-15(13)18(16)20-19-17/h2-9,16,18H,10-11H2,1H3. The van der Waals surface area contributed by atoms with E-state index in [4.69, 9.17) is 4.84 Å². The average Bonchev–Trinajstić information content (AvgIpc) is 2.92. The van der Waals surface area contributed by atoms with Gasteiger partial charge in [0, 0.05) is 5.92 Å². The third kappa shape index (κ3) is 1.75. The lowest BCUT2D eigenvalue weighted by molar-refractivity contribution is 0.0542. The van der Waals surface area contributed by atoms with Crippen molar-refractivity contribution in [3.05, 3.63) is 70.8 Å². The third-order valence-corrected chi connectivity index (χ3v) is 4.41. The molecule has 2 atom stereocenters. The highest BCUT2D eigenvalue weighted by Gasteiger charge is 2.39. The molecule has 0 amide bonds. The van der Waals surface area contributed by atoms with Gasteiger partial charge in [-0.25, -0.2) is 0 Å². The Balaban J connectivity index is 1.69. The molecule has 2 nitrogen and oxygen atoms in total. The molecule has 0 spiro atoms. The van der Waals surface area contributed by atoms with E-state index in [2.05, 4.69) is 60.6 Å². The number of hydrogen-bond donors (Lipinski definition) is 0. The second kappa shape index (κ2) is 4.48. The Morgan fingerprint density at radius 1 is 1.05 bits per heavy atom. The highest BCUT2D eigenvalue weighted by molar-refractivity contribution is 6.03. The molecule has 0 saturated carbocycles. The molecule has 2 unspecified atom stereocenters. The van der Waals surface area contributed by atoms with Crippen molar-refractivity contribution in [2.75, 3.05) is 0 Å². The molecule has 2 aliphatic rings.